The first-order chi connectivity index (χ1) is 8.71. The second kappa shape index (κ2) is 5.91. The van der Waals surface area contributed by atoms with Gasteiger partial charge in [0.25, 0.3) is 0 Å². The molecule has 0 aromatic heterocycles. The molecule has 1 rings (SSSR count). The Hall–Kier alpha value is -1.78. The fourth-order valence-corrected chi connectivity index (χ4v) is 1.59. The molecule has 2 nitrogen and oxygen atoms in total. The molecule has 5 heteroatoms. The van der Waals surface area contributed by atoms with Crippen molar-refractivity contribution in [3.63, 3.8) is 0 Å². The van der Waals surface area contributed by atoms with Crippen molar-refractivity contribution >= 4 is 12.0 Å². The number of halogens is 3. The summed E-state index contributed by atoms with van der Waals surface area (Å²) in [7, 11) is 0. The van der Waals surface area contributed by atoms with E-state index < -0.39 is 23.6 Å². The minimum Gasteiger partial charge on any atom is -0.481 e. The molecule has 1 aromatic carbocycles. The largest absolute Gasteiger partial charge is 0.481 e. The van der Waals surface area contributed by atoms with Gasteiger partial charge < -0.3 is 5.11 Å². The van der Waals surface area contributed by atoms with Crippen molar-refractivity contribution in [2.75, 3.05) is 0 Å². The Balaban J connectivity index is 2.86. The van der Waals surface area contributed by atoms with Gasteiger partial charge in [0.15, 0.2) is 0 Å². The number of hydrogen-bond acceptors (Lipinski definition) is 1. The van der Waals surface area contributed by atoms with Crippen LogP contribution in [0.5, 0.6) is 0 Å². The standard InChI is InChI=1S/C14H15F3O2/c1-9(2)12(13(18)19)8-5-10-3-6-11(7-4-10)14(15,16)17/h3-9,12H,1-2H3,(H,18,19)/b8-5+. The van der Waals surface area contributed by atoms with Crippen molar-refractivity contribution in [3.8, 4) is 0 Å². The van der Waals surface area contributed by atoms with Crippen LogP contribution in [0.25, 0.3) is 6.08 Å². The van der Waals surface area contributed by atoms with Crippen LogP contribution in [0.15, 0.2) is 30.3 Å². The maximum absolute atomic E-state index is 12.3. The molecule has 0 aliphatic carbocycles. The smallest absolute Gasteiger partial charge is 0.416 e. The fraction of sp³-hybridized carbons (Fsp3) is 0.357. The maximum Gasteiger partial charge on any atom is 0.416 e. The highest BCUT2D eigenvalue weighted by Crippen LogP contribution is 2.29. The van der Waals surface area contributed by atoms with Gasteiger partial charge in [-0.15, -0.1) is 0 Å². The van der Waals surface area contributed by atoms with Crippen molar-refractivity contribution in [1.29, 1.82) is 0 Å². The molecule has 19 heavy (non-hydrogen) atoms. The van der Waals surface area contributed by atoms with Crippen LogP contribution in [-0.4, -0.2) is 11.1 Å². The molecule has 1 atom stereocenters. The van der Waals surface area contributed by atoms with Crippen LogP contribution in [0.2, 0.25) is 0 Å². The molecule has 1 unspecified atom stereocenters. The van der Waals surface area contributed by atoms with E-state index in [2.05, 4.69) is 0 Å². The van der Waals surface area contributed by atoms with Gasteiger partial charge in [0.2, 0.25) is 0 Å². The summed E-state index contributed by atoms with van der Waals surface area (Å²) < 4.78 is 37.0. The molecule has 0 heterocycles. The van der Waals surface area contributed by atoms with Crippen molar-refractivity contribution in [2.45, 2.75) is 20.0 Å². The molecule has 0 fully saturated rings. The Morgan fingerprint density at radius 1 is 1.21 bits per heavy atom. The van der Waals surface area contributed by atoms with Crippen molar-refractivity contribution in [3.05, 3.63) is 41.5 Å². The SMILES string of the molecule is CC(C)C(/C=C/c1ccc(C(F)(F)F)cc1)C(=O)O. The van der Waals surface area contributed by atoms with E-state index in [0.29, 0.717) is 5.56 Å². The van der Waals surface area contributed by atoms with Crippen LogP contribution in [0.3, 0.4) is 0 Å². The van der Waals surface area contributed by atoms with Crippen LogP contribution in [0, 0.1) is 11.8 Å². The summed E-state index contributed by atoms with van der Waals surface area (Å²) in [5, 5.41) is 8.97. The lowest BCUT2D eigenvalue weighted by atomic mass is 9.95. The van der Waals surface area contributed by atoms with Crippen molar-refractivity contribution in [1.82, 2.24) is 0 Å². The summed E-state index contributed by atoms with van der Waals surface area (Å²) in [6, 6.07) is 4.59. The molecule has 0 amide bonds. The summed E-state index contributed by atoms with van der Waals surface area (Å²) in [5.74, 6) is -1.68. The molecule has 1 N–H and O–H groups in total. The number of carboxylic acid groups (broad SMARTS) is 1. The van der Waals surface area contributed by atoms with Gasteiger partial charge in [0.05, 0.1) is 11.5 Å². The van der Waals surface area contributed by atoms with E-state index in [-0.39, 0.29) is 5.92 Å². The highest BCUT2D eigenvalue weighted by atomic mass is 19.4. The van der Waals surface area contributed by atoms with Crippen LogP contribution < -0.4 is 0 Å². The Labute approximate surface area is 109 Å². The summed E-state index contributed by atoms with van der Waals surface area (Å²) in [6.07, 6.45) is -1.34. The zero-order chi connectivity index (χ0) is 14.6. The molecule has 0 saturated heterocycles. The lowest BCUT2D eigenvalue weighted by Gasteiger charge is -2.11. The summed E-state index contributed by atoms with van der Waals surface area (Å²) in [4.78, 5) is 10.9. The van der Waals surface area contributed by atoms with E-state index in [4.69, 9.17) is 5.11 Å². The minimum absolute atomic E-state index is 0.0804. The average molecular weight is 272 g/mol. The summed E-state index contributed by atoms with van der Waals surface area (Å²) in [6.45, 7) is 3.55. The Bertz CT molecular complexity index is 459. The van der Waals surface area contributed by atoms with Crippen LogP contribution in [0.4, 0.5) is 13.2 Å². The topological polar surface area (TPSA) is 37.3 Å². The Kier molecular flexibility index (Phi) is 4.75. The molecule has 0 saturated carbocycles. The van der Waals surface area contributed by atoms with Crippen LogP contribution >= 0.6 is 0 Å². The van der Waals surface area contributed by atoms with Gasteiger partial charge >= 0.3 is 12.1 Å². The fourth-order valence-electron chi connectivity index (χ4n) is 1.59. The zero-order valence-electron chi connectivity index (χ0n) is 10.6. The Morgan fingerprint density at radius 2 is 1.74 bits per heavy atom. The number of benzene rings is 1. The molecular formula is C14H15F3O2. The molecule has 1 aromatic rings. The van der Waals surface area contributed by atoms with Crippen molar-refractivity contribution < 1.29 is 23.1 Å². The lowest BCUT2D eigenvalue weighted by Crippen LogP contribution is -2.16. The third-order valence-corrected chi connectivity index (χ3v) is 2.74. The third kappa shape index (κ3) is 4.43. The number of carbonyl (C=O) groups is 1. The molecule has 104 valence electrons. The van der Waals surface area contributed by atoms with E-state index in [0.717, 1.165) is 12.1 Å². The molecule has 0 aliphatic heterocycles. The van der Waals surface area contributed by atoms with E-state index in [9.17, 15) is 18.0 Å². The summed E-state index contributed by atoms with van der Waals surface area (Å²) >= 11 is 0. The molecule has 0 spiro atoms. The van der Waals surface area contributed by atoms with Gasteiger partial charge in [0.1, 0.15) is 0 Å². The van der Waals surface area contributed by atoms with E-state index in [1.807, 2.05) is 0 Å². The second-order valence-electron chi connectivity index (χ2n) is 4.59. The van der Waals surface area contributed by atoms with Crippen molar-refractivity contribution in [2.24, 2.45) is 11.8 Å². The molecule has 0 radical (unpaired) electrons. The van der Waals surface area contributed by atoms with Gasteiger partial charge in [-0.1, -0.05) is 38.1 Å². The predicted molar refractivity (Wildman–Crippen MR) is 66.4 cm³/mol. The average Bonchev–Trinajstić information content (AvgIpc) is 2.27. The lowest BCUT2D eigenvalue weighted by molar-refractivity contribution is -0.141. The quantitative estimate of drug-likeness (QED) is 0.896. The van der Waals surface area contributed by atoms with E-state index in [1.54, 1.807) is 13.8 Å². The molecule has 0 bridgehead atoms. The van der Waals surface area contributed by atoms with E-state index in [1.165, 1.54) is 24.3 Å². The van der Waals surface area contributed by atoms with Gasteiger partial charge in [-0.05, 0) is 23.6 Å². The normalized spacial score (nSPS) is 14.0. The van der Waals surface area contributed by atoms with Crippen LogP contribution in [0.1, 0.15) is 25.0 Å². The number of aliphatic carboxylic acids is 1. The number of hydrogen-bond donors (Lipinski definition) is 1. The van der Waals surface area contributed by atoms with Gasteiger partial charge in [0, 0.05) is 0 Å². The third-order valence-electron chi connectivity index (χ3n) is 2.74. The first-order valence-corrected chi connectivity index (χ1v) is 5.80. The minimum atomic E-state index is -4.36. The second-order valence-corrected chi connectivity index (χ2v) is 4.59. The van der Waals surface area contributed by atoms with E-state index >= 15 is 0 Å². The summed E-state index contributed by atoms with van der Waals surface area (Å²) in [5.41, 5.74) is -0.178. The first-order valence-electron chi connectivity index (χ1n) is 5.80. The Morgan fingerprint density at radius 3 is 2.11 bits per heavy atom. The maximum atomic E-state index is 12.3. The predicted octanol–water partition coefficient (Wildman–Crippen LogP) is 4.08. The van der Waals surface area contributed by atoms with Crippen LogP contribution in [-0.2, 0) is 11.0 Å². The van der Waals surface area contributed by atoms with Gasteiger partial charge in [-0.3, -0.25) is 4.79 Å². The van der Waals surface area contributed by atoms with Gasteiger partial charge in [-0.25, -0.2) is 0 Å². The molecule has 0 aliphatic rings. The highest BCUT2D eigenvalue weighted by Gasteiger charge is 2.29. The molecular weight excluding hydrogens is 257 g/mol. The number of rotatable bonds is 4. The highest BCUT2D eigenvalue weighted by molar-refractivity contribution is 5.74. The zero-order valence-corrected chi connectivity index (χ0v) is 10.6. The monoisotopic (exact) mass is 272 g/mol. The number of carboxylic acids is 1. The first kappa shape index (κ1) is 15.3. The number of alkyl halides is 3. The van der Waals surface area contributed by atoms with Gasteiger partial charge in [-0.2, -0.15) is 13.2 Å².